The summed E-state index contributed by atoms with van der Waals surface area (Å²) in [4.78, 5) is 11.7. The monoisotopic (exact) mass is 237 g/mol. The molecule has 0 heterocycles. The summed E-state index contributed by atoms with van der Waals surface area (Å²) < 4.78 is 5.02. The van der Waals surface area contributed by atoms with Crippen LogP contribution in [0.15, 0.2) is 24.3 Å². The Morgan fingerprint density at radius 2 is 1.94 bits per heavy atom. The molecule has 1 aromatic rings. The molecule has 0 unspecified atom stereocenters. The summed E-state index contributed by atoms with van der Waals surface area (Å²) in [5, 5.41) is 5.91. The molecule has 1 amide bonds. The van der Waals surface area contributed by atoms with E-state index in [1.165, 1.54) is 0 Å². The SMILES string of the molecule is COc1ccc(C(=O)NCCNCCN)cc1. The summed E-state index contributed by atoms with van der Waals surface area (Å²) in [6.07, 6.45) is 0. The van der Waals surface area contributed by atoms with Crippen molar-refractivity contribution in [2.45, 2.75) is 0 Å². The molecule has 0 saturated heterocycles. The zero-order valence-corrected chi connectivity index (χ0v) is 10.0. The van der Waals surface area contributed by atoms with Crippen LogP contribution in [0, 0.1) is 0 Å². The van der Waals surface area contributed by atoms with Gasteiger partial charge in [-0.05, 0) is 24.3 Å². The van der Waals surface area contributed by atoms with Crippen molar-refractivity contribution in [1.82, 2.24) is 10.6 Å². The lowest BCUT2D eigenvalue weighted by Gasteiger charge is -2.06. The van der Waals surface area contributed by atoms with Gasteiger partial charge in [-0.3, -0.25) is 4.79 Å². The van der Waals surface area contributed by atoms with Crippen molar-refractivity contribution in [3.05, 3.63) is 29.8 Å². The van der Waals surface area contributed by atoms with Crippen molar-refractivity contribution in [3.8, 4) is 5.75 Å². The van der Waals surface area contributed by atoms with Crippen LogP contribution in [0.2, 0.25) is 0 Å². The van der Waals surface area contributed by atoms with Crippen molar-refractivity contribution < 1.29 is 9.53 Å². The van der Waals surface area contributed by atoms with Gasteiger partial charge < -0.3 is 21.1 Å². The Labute approximate surface area is 101 Å². The van der Waals surface area contributed by atoms with Crippen LogP contribution in [0.4, 0.5) is 0 Å². The van der Waals surface area contributed by atoms with Gasteiger partial charge in [0.1, 0.15) is 5.75 Å². The molecule has 0 atom stereocenters. The summed E-state index contributed by atoms with van der Waals surface area (Å²) >= 11 is 0. The van der Waals surface area contributed by atoms with Gasteiger partial charge in [0, 0.05) is 31.7 Å². The molecule has 94 valence electrons. The largest absolute Gasteiger partial charge is 0.497 e. The number of hydrogen-bond acceptors (Lipinski definition) is 4. The maximum Gasteiger partial charge on any atom is 0.251 e. The Bertz CT molecular complexity index is 338. The molecule has 0 aliphatic rings. The zero-order chi connectivity index (χ0) is 12.5. The molecular weight excluding hydrogens is 218 g/mol. The summed E-state index contributed by atoms with van der Waals surface area (Å²) in [5.74, 6) is 0.661. The van der Waals surface area contributed by atoms with Gasteiger partial charge >= 0.3 is 0 Å². The second-order valence-corrected chi connectivity index (χ2v) is 3.52. The lowest BCUT2D eigenvalue weighted by atomic mass is 10.2. The molecule has 0 saturated carbocycles. The quantitative estimate of drug-likeness (QED) is 0.582. The molecule has 0 aliphatic carbocycles. The van der Waals surface area contributed by atoms with E-state index in [2.05, 4.69) is 10.6 Å². The van der Waals surface area contributed by atoms with Gasteiger partial charge in [-0.2, -0.15) is 0 Å². The Hall–Kier alpha value is -1.59. The number of ether oxygens (including phenoxy) is 1. The lowest BCUT2D eigenvalue weighted by molar-refractivity contribution is 0.0954. The number of carbonyl (C=O) groups is 1. The molecule has 0 aliphatic heterocycles. The van der Waals surface area contributed by atoms with Crippen molar-refractivity contribution >= 4 is 5.91 Å². The van der Waals surface area contributed by atoms with Crippen molar-refractivity contribution in [2.75, 3.05) is 33.3 Å². The van der Waals surface area contributed by atoms with Gasteiger partial charge in [-0.1, -0.05) is 0 Å². The van der Waals surface area contributed by atoms with E-state index in [9.17, 15) is 4.79 Å². The predicted molar refractivity (Wildman–Crippen MR) is 67.3 cm³/mol. The molecule has 0 bridgehead atoms. The first-order chi connectivity index (χ1) is 8.27. The van der Waals surface area contributed by atoms with E-state index in [1.54, 1.807) is 31.4 Å². The van der Waals surface area contributed by atoms with Crippen molar-refractivity contribution in [1.29, 1.82) is 0 Å². The number of rotatable bonds is 7. The first-order valence-electron chi connectivity index (χ1n) is 5.61. The van der Waals surface area contributed by atoms with Crippen LogP contribution in [-0.2, 0) is 0 Å². The number of nitrogens with two attached hydrogens (primary N) is 1. The van der Waals surface area contributed by atoms with Gasteiger partial charge in [-0.15, -0.1) is 0 Å². The van der Waals surface area contributed by atoms with Crippen LogP contribution in [0.1, 0.15) is 10.4 Å². The van der Waals surface area contributed by atoms with Gasteiger partial charge in [0.05, 0.1) is 7.11 Å². The van der Waals surface area contributed by atoms with E-state index < -0.39 is 0 Å². The minimum absolute atomic E-state index is 0.0813. The molecule has 0 radical (unpaired) electrons. The van der Waals surface area contributed by atoms with Gasteiger partial charge in [0.25, 0.3) is 5.91 Å². The minimum Gasteiger partial charge on any atom is -0.497 e. The van der Waals surface area contributed by atoms with Gasteiger partial charge in [0.2, 0.25) is 0 Å². The van der Waals surface area contributed by atoms with Gasteiger partial charge in [-0.25, -0.2) is 0 Å². The number of methoxy groups -OCH3 is 1. The van der Waals surface area contributed by atoms with E-state index in [0.29, 0.717) is 18.7 Å². The Kier molecular flexibility index (Phi) is 6.06. The van der Waals surface area contributed by atoms with E-state index >= 15 is 0 Å². The molecule has 17 heavy (non-hydrogen) atoms. The summed E-state index contributed by atoms with van der Waals surface area (Å²) in [5.41, 5.74) is 5.96. The zero-order valence-electron chi connectivity index (χ0n) is 10.0. The van der Waals surface area contributed by atoms with E-state index in [-0.39, 0.29) is 5.91 Å². The second-order valence-electron chi connectivity index (χ2n) is 3.52. The molecule has 0 aromatic heterocycles. The van der Waals surface area contributed by atoms with Crippen LogP contribution in [0.5, 0.6) is 5.75 Å². The molecular formula is C12H19N3O2. The van der Waals surface area contributed by atoms with E-state index in [0.717, 1.165) is 18.8 Å². The predicted octanol–water partition coefficient (Wildman–Crippen LogP) is -0.0267. The summed E-state index contributed by atoms with van der Waals surface area (Å²) in [6, 6.07) is 7.01. The molecule has 1 aromatic carbocycles. The minimum atomic E-state index is -0.0813. The van der Waals surface area contributed by atoms with Crippen LogP contribution in [-0.4, -0.2) is 39.2 Å². The molecule has 0 spiro atoms. The highest BCUT2D eigenvalue weighted by Crippen LogP contribution is 2.10. The van der Waals surface area contributed by atoms with Crippen molar-refractivity contribution in [3.63, 3.8) is 0 Å². The number of benzene rings is 1. The average Bonchev–Trinajstić information content (AvgIpc) is 2.38. The molecule has 5 nitrogen and oxygen atoms in total. The smallest absolute Gasteiger partial charge is 0.251 e. The van der Waals surface area contributed by atoms with Crippen molar-refractivity contribution in [2.24, 2.45) is 5.73 Å². The maximum atomic E-state index is 11.7. The molecule has 5 heteroatoms. The number of amides is 1. The van der Waals surface area contributed by atoms with Crippen LogP contribution in [0.3, 0.4) is 0 Å². The van der Waals surface area contributed by atoms with Crippen LogP contribution in [0.25, 0.3) is 0 Å². The number of hydrogen-bond donors (Lipinski definition) is 3. The van der Waals surface area contributed by atoms with Crippen LogP contribution >= 0.6 is 0 Å². The third kappa shape index (κ3) is 4.84. The fourth-order valence-electron chi connectivity index (χ4n) is 1.34. The first-order valence-corrected chi connectivity index (χ1v) is 5.61. The maximum absolute atomic E-state index is 11.7. The first kappa shape index (κ1) is 13.5. The average molecular weight is 237 g/mol. The second kappa shape index (κ2) is 7.65. The highest BCUT2D eigenvalue weighted by atomic mass is 16.5. The van der Waals surface area contributed by atoms with E-state index in [4.69, 9.17) is 10.5 Å². The third-order valence-electron chi connectivity index (χ3n) is 2.26. The Morgan fingerprint density at radius 3 is 2.53 bits per heavy atom. The topological polar surface area (TPSA) is 76.4 Å². The fraction of sp³-hybridized carbons (Fsp3) is 0.417. The highest BCUT2D eigenvalue weighted by molar-refractivity contribution is 5.94. The third-order valence-corrected chi connectivity index (χ3v) is 2.26. The molecule has 4 N–H and O–H groups in total. The Morgan fingerprint density at radius 1 is 1.24 bits per heavy atom. The fourth-order valence-corrected chi connectivity index (χ4v) is 1.34. The normalized spacial score (nSPS) is 10.0. The lowest BCUT2D eigenvalue weighted by Crippen LogP contribution is -2.33. The molecule has 1 rings (SSSR count). The number of nitrogens with one attached hydrogen (secondary N) is 2. The van der Waals surface area contributed by atoms with Gasteiger partial charge in [0.15, 0.2) is 0 Å². The Balaban J connectivity index is 2.31. The van der Waals surface area contributed by atoms with E-state index in [1.807, 2.05) is 0 Å². The summed E-state index contributed by atoms with van der Waals surface area (Å²) in [7, 11) is 1.60. The molecule has 0 fully saturated rings. The summed E-state index contributed by atoms with van der Waals surface area (Å²) in [6.45, 7) is 2.68. The number of carbonyl (C=O) groups excluding carboxylic acids is 1. The standard InChI is InChI=1S/C12H19N3O2/c1-17-11-4-2-10(3-5-11)12(16)15-9-8-14-7-6-13/h2-5,14H,6-9,13H2,1H3,(H,15,16). The van der Waals surface area contributed by atoms with Crippen LogP contribution < -0.4 is 21.1 Å². The highest BCUT2D eigenvalue weighted by Gasteiger charge is 2.03.